The Kier molecular flexibility index (Phi) is 6.83. The molecule has 1 fully saturated rings. The zero-order valence-corrected chi connectivity index (χ0v) is 18.3. The summed E-state index contributed by atoms with van der Waals surface area (Å²) in [5, 5.41) is 13.0. The zero-order chi connectivity index (χ0) is 20.1. The van der Waals surface area contributed by atoms with Gasteiger partial charge in [-0.3, -0.25) is 0 Å². The van der Waals surface area contributed by atoms with Crippen molar-refractivity contribution in [1.29, 1.82) is 0 Å². The standard InChI is InChI=1S/C22H36N6/c1-6-22(4,5)28-21(23-24-25-28)20(16-18(2)3)27-14-12-26(13-15-27)17-19-10-8-7-9-11-19/h7-11,18,20H,6,12-17H2,1-5H3/p+2/t20-/m0/s1. The molecule has 1 aromatic carbocycles. The second-order valence-electron chi connectivity index (χ2n) is 9.37. The van der Waals surface area contributed by atoms with Gasteiger partial charge in [0.1, 0.15) is 32.7 Å². The molecule has 1 aromatic heterocycles. The number of hydrogen-bond donors (Lipinski definition) is 2. The van der Waals surface area contributed by atoms with E-state index in [0.717, 1.165) is 25.2 Å². The van der Waals surface area contributed by atoms with Crippen molar-refractivity contribution in [3.63, 3.8) is 0 Å². The third-order valence-electron chi connectivity index (χ3n) is 6.34. The molecule has 28 heavy (non-hydrogen) atoms. The van der Waals surface area contributed by atoms with Gasteiger partial charge in [0.2, 0.25) is 5.82 Å². The van der Waals surface area contributed by atoms with Crippen LogP contribution in [0, 0.1) is 5.92 Å². The topological polar surface area (TPSA) is 52.5 Å². The summed E-state index contributed by atoms with van der Waals surface area (Å²) in [6, 6.07) is 11.2. The van der Waals surface area contributed by atoms with E-state index in [0.29, 0.717) is 12.0 Å². The molecule has 6 heteroatoms. The summed E-state index contributed by atoms with van der Waals surface area (Å²) in [5.74, 6) is 1.70. The molecule has 2 aromatic rings. The number of quaternary nitrogens is 2. The highest BCUT2D eigenvalue weighted by molar-refractivity contribution is 5.13. The zero-order valence-electron chi connectivity index (χ0n) is 18.3. The monoisotopic (exact) mass is 386 g/mol. The molecule has 2 heterocycles. The van der Waals surface area contributed by atoms with Crippen molar-refractivity contribution in [3.05, 3.63) is 41.7 Å². The van der Waals surface area contributed by atoms with Gasteiger partial charge >= 0.3 is 0 Å². The van der Waals surface area contributed by atoms with Crippen LogP contribution in [-0.2, 0) is 12.1 Å². The fraction of sp³-hybridized carbons (Fsp3) is 0.682. The van der Waals surface area contributed by atoms with Gasteiger partial charge in [0.25, 0.3) is 0 Å². The summed E-state index contributed by atoms with van der Waals surface area (Å²) in [4.78, 5) is 3.33. The number of aromatic nitrogens is 4. The van der Waals surface area contributed by atoms with Gasteiger partial charge < -0.3 is 9.80 Å². The van der Waals surface area contributed by atoms with Crippen LogP contribution in [0.15, 0.2) is 30.3 Å². The number of rotatable bonds is 8. The second-order valence-corrected chi connectivity index (χ2v) is 9.37. The smallest absolute Gasteiger partial charge is 0.209 e. The van der Waals surface area contributed by atoms with E-state index in [1.807, 2.05) is 0 Å². The third-order valence-corrected chi connectivity index (χ3v) is 6.34. The Labute approximate surface area is 169 Å². The Bertz CT molecular complexity index is 716. The Hall–Kier alpha value is -1.79. The lowest BCUT2D eigenvalue weighted by atomic mass is 9.98. The number of benzene rings is 1. The van der Waals surface area contributed by atoms with Crippen LogP contribution in [0.3, 0.4) is 0 Å². The Morgan fingerprint density at radius 1 is 1.07 bits per heavy atom. The van der Waals surface area contributed by atoms with E-state index >= 15 is 0 Å². The predicted octanol–water partition coefficient (Wildman–Crippen LogP) is 0.889. The van der Waals surface area contributed by atoms with Gasteiger partial charge in [0.05, 0.1) is 5.54 Å². The van der Waals surface area contributed by atoms with E-state index in [1.165, 1.54) is 31.7 Å². The minimum Gasteiger partial charge on any atom is -0.322 e. The quantitative estimate of drug-likeness (QED) is 0.708. The molecule has 1 aliphatic rings. The van der Waals surface area contributed by atoms with E-state index < -0.39 is 0 Å². The maximum atomic E-state index is 4.52. The van der Waals surface area contributed by atoms with Crippen LogP contribution < -0.4 is 9.80 Å². The van der Waals surface area contributed by atoms with Crippen LogP contribution in [0.5, 0.6) is 0 Å². The maximum absolute atomic E-state index is 4.52. The number of nitrogens with one attached hydrogen (secondary N) is 2. The molecular weight excluding hydrogens is 348 g/mol. The fourth-order valence-corrected chi connectivity index (χ4v) is 4.25. The third kappa shape index (κ3) is 4.97. The summed E-state index contributed by atoms with van der Waals surface area (Å²) in [7, 11) is 0. The van der Waals surface area contributed by atoms with Gasteiger partial charge in [-0.1, -0.05) is 51.1 Å². The van der Waals surface area contributed by atoms with Crippen LogP contribution in [0.1, 0.15) is 64.9 Å². The van der Waals surface area contributed by atoms with Gasteiger partial charge in [-0.15, -0.1) is 5.10 Å². The van der Waals surface area contributed by atoms with Crippen LogP contribution >= 0.6 is 0 Å². The van der Waals surface area contributed by atoms with Gasteiger partial charge in [-0.2, -0.15) is 0 Å². The average Bonchev–Trinajstić information content (AvgIpc) is 3.18. The van der Waals surface area contributed by atoms with E-state index in [-0.39, 0.29) is 5.54 Å². The lowest BCUT2D eigenvalue weighted by molar-refractivity contribution is -1.03. The molecule has 0 unspecified atom stereocenters. The first-order valence-electron chi connectivity index (χ1n) is 10.9. The highest BCUT2D eigenvalue weighted by atomic mass is 15.6. The summed E-state index contributed by atoms with van der Waals surface area (Å²) < 4.78 is 2.09. The van der Waals surface area contributed by atoms with Crippen molar-refractivity contribution in [3.8, 4) is 0 Å². The van der Waals surface area contributed by atoms with Crippen molar-refractivity contribution >= 4 is 0 Å². The van der Waals surface area contributed by atoms with Gasteiger partial charge in [0, 0.05) is 12.0 Å². The molecule has 154 valence electrons. The minimum atomic E-state index is -0.0477. The van der Waals surface area contributed by atoms with Gasteiger partial charge in [0.15, 0.2) is 6.04 Å². The average molecular weight is 387 g/mol. The van der Waals surface area contributed by atoms with Crippen LogP contribution in [0.25, 0.3) is 0 Å². The maximum Gasteiger partial charge on any atom is 0.209 e. The molecule has 0 amide bonds. The minimum absolute atomic E-state index is 0.0477. The number of tetrazole rings is 1. The second kappa shape index (κ2) is 9.14. The van der Waals surface area contributed by atoms with Crippen LogP contribution in [-0.4, -0.2) is 46.4 Å². The van der Waals surface area contributed by atoms with E-state index in [4.69, 9.17) is 0 Å². The number of nitrogens with zero attached hydrogens (tertiary/aromatic N) is 4. The van der Waals surface area contributed by atoms with Crippen molar-refractivity contribution < 1.29 is 9.80 Å². The first-order valence-corrected chi connectivity index (χ1v) is 10.9. The largest absolute Gasteiger partial charge is 0.322 e. The van der Waals surface area contributed by atoms with E-state index in [9.17, 15) is 0 Å². The molecule has 0 bridgehead atoms. The normalized spacial score (nSPS) is 21.8. The van der Waals surface area contributed by atoms with Crippen LogP contribution in [0.4, 0.5) is 0 Å². The molecule has 2 N–H and O–H groups in total. The molecule has 6 nitrogen and oxygen atoms in total. The molecule has 3 rings (SSSR count). The Morgan fingerprint density at radius 2 is 1.75 bits per heavy atom. The molecule has 0 radical (unpaired) electrons. The molecule has 1 atom stereocenters. The van der Waals surface area contributed by atoms with Gasteiger partial charge in [-0.25, -0.2) is 4.68 Å². The van der Waals surface area contributed by atoms with Crippen molar-refractivity contribution in [2.75, 3.05) is 26.2 Å². The van der Waals surface area contributed by atoms with E-state index in [2.05, 4.69) is 85.2 Å². The molecule has 0 spiro atoms. The highest BCUT2D eigenvalue weighted by Gasteiger charge is 2.37. The summed E-state index contributed by atoms with van der Waals surface area (Å²) in [5.41, 5.74) is 1.39. The van der Waals surface area contributed by atoms with Crippen molar-refractivity contribution in [2.24, 2.45) is 5.92 Å². The van der Waals surface area contributed by atoms with Crippen molar-refractivity contribution in [1.82, 2.24) is 20.2 Å². The lowest BCUT2D eigenvalue weighted by Crippen LogP contribution is -3.27. The predicted molar refractivity (Wildman–Crippen MR) is 111 cm³/mol. The summed E-state index contributed by atoms with van der Waals surface area (Å²) in [6.07, 6.45) is 2.15. The first kappa shape index (κ1) is 20.9. The Balaban J connectivity index is 1.71. The summed E-state index contributed by atoms with van der Waals surface area (Å²) in [6.45, 7) is 17.2. The van der Waals surface area contributed by atoms with Crippen molar-refractivity contribution in [2.45, 2.75) is 65.6 Å². The fourth-order valence-electron chi connectivity index (χ4n) is 4.25. The SMILES string of the molecule is CCC(C)(C)n1nnnc1[C@H](CC(C)C)[NH+]1CC[NH+](Cc2ccccc2)CC1. The summed E-state index contributed by atoms with van der Waals surface area (Å²) >= 11 is 0. The molecule has 0 aliphatic carbocycles. The van der Waals surface area contributed by atoms with Crippen LogP contribution in [0.2, 0.25) is 0 Å². The molecular formula is C22H38N6+2. The molecule has 0 saturated carbocycles. The van der Waals surface area contributed by atoms with E-state index in [1.54, 1.807) is 9.80 Å². The highest BCUT2D eigenvalue weighted by Crippen LogP contribution is 2.24. The number of hydrogen-bond acceptors (Lipinski definition) is 3. The number of piperazine rings is 1. The molecule has 1 aliphatic heterocycles. The first-order chi connectivity index (χ1) is 13.4. The lowest BCUT2D eigenvalue weighted by Gasteiger charge is -2.36. The molecule has 1 saturated heterocycles. The Morgan fingerprint density at radius 3 is 2.36 bits per heavy atom. The van der Waals surface area contributed by atoms with Gasteiger partial charge in [-0.05, 0) is 36.6 Å².